The largest absolute Gasteiger partial charge is 0.489 e. The van der Waals surface area contributed by atoms with E-state index in [9.17, 15) is 0 Å². The van der Waals surface area contributed by atoms with Gasteiger partial charge in [-0.25, -0.2) is 0 Å². The molecule has 0 saturated heterocycles. The van der Waals surface area contributed by atoms with Crippen LogP contribution in [0.1, 0.15) is 5.56 Å². The van der Waals surface area contributed by atoms with Crippen LogP contribution in [0.5, 0.6) is 5.75 Å². The van der Waals surface area contributed by atoms with E-state index in [0.29, 0.717) is 6.61 Å². The second-order valence-corrected chi connectivity index (χ2v) is 4.97. The molecule has 18 heavy (non-hydrogen) atoms. The highest BCUT2D eigenvalue weighted by Gasteiger charge is 2.03. The Hall–Kier alpha value is -1.74. The number of fused-ring (bicyclic) bond motifs is 1. The Morgan fingerprint density at radius 2 is 1.89 bits per heavy atom. The smallest absolute Gasteiger partial charge is 0.120 e. The van der Waals surface area contributed by atoms with E-state index in [1.165, 1.54) is 5.56 Å². The van der Waals surface area contributed by atoms with Gasteiger partial charge in [-0.15, -0.1) is 0 Å². The van der Waals surface area contributed by atoms with Crippen molar-refractivity contribution >= 4 is 26.8 Å². The van der Waals surface area contributed by atoms with Crippen molar-refractivity contribution in [3.8, 4) is 5.75 Å². The molecule has 3 rings (SSSR count). The third-order valence-corrected chi connectivity index (χ3v) is 3.51. The maximum Gasteiger partial charge on any atom is 0.120 e. The third-order valence-electron chi connectivity index (χ3n) is 2.85. The first-order valence-electron chi connectivity index (χ1n) is 5.76. The van der Waals surface area contributed by atoms with E-state index in [0.717, 1.165) is 21.1 Å². The highest BCUT2D eigenvalue weighted by Crippen LogP contribution is 2.27. The average molecular weight is 302 g/mol. The number of rotatable bonds is 3. The number of H-pyrrole nitrogens is 1. The number of halogens is 1. The van der Waals surface area contributed by atoms with Gasteiger partial charge in [0.15, 0.2) is 0 Å². The quantitative estimate of drug-likeness (QED) is 0.756. The van der Waals surface area contributed by atoms with Crippen molar-refractivity contribution in [1.82, 2.24) is 4.98 Å². The fourth-order valence-corrected chi connectivity index (χ4v) is 2.34. The minimum atomic E-state index is 0.592. The fraction of sp³-hybridized carbons (Fsp3) is 0.0667. The first-order chi connectivity index (χ1) is 8.83. The highest BCUT2D eigenvalue weighted by atomic mass is 79.9. The SMILES string of the molecule is Brc1c[nH]c2ccc(OCc3ccccc3)cc12. The molecule has 0 amide bonds. The van der Waals surface area contributed by atoms with E-state index in [4.69, 9.17) is 4.74 Å². The van der Waals surface area contributed by atoms with Crippen molar-refractivity contribution in [2.75, 3.05) is 0 Å². The van der Waals surface area contributed by atoms with Crippen LogP contribution in [0.4, 0.5) is 0 Å². The molecule has 0 aliphatic rings. The Labute approximate surface area is 114 Å². The monoisotopic (exact) mass is 301 g/mol. The Kier molecular flexibility index (Phi) is 3.07. The average Bonchev–Trinajstić information content (AvgIpc) is 2.79. The summed E-state index contributed by atoms with van der Waals surface area (Å²) in [7, 11) is 0. The molecule has 0 aliphatic carbocycles. The molecular formula is C15H12BrNO. The number of nitrogens with one attached hydrogen (secondary N) is 1. The number of ether oxygens (including phenoxy) is 1. The molecule has 0 radical (unpaired) electrons. The molecule has 0 fully saturated rings. The van der Waals surface area contributed by atoms with Crippen LogP contribution in [0.25, 0.3) is 10.9 Å². The molecule has 0 saturated carbocycles. The van der Waals surface area contributed by atoms with Gasteiger partial charge in [0.2, 0.25) is 0 Å². The topological polar surface area (TPSA) is 25.0 Å². The van der Waals surface area contributed by atoms with Crippen molar-refractivity contribution < 1.29 is 4.74 Å². The minimum Gasteiger partial charge on any atom is -0.489 e. The van der Waals surface area contributed by atoms with Crippen LogP contribution in [0.3, 0.4) is 0 Å². The first-order valence-corrected chi connectivity index (χ1v) is 6.55. The number of hydrogen-bond acceptors (Lipinski definition) is 1. The standard InChI is InChI=1S/C15H12BrNO/c16-14-9-17-15-7-6-12(8-13(14)15)18-10-11-4-2-1-3-5-11/h1-9,17H,10H2. The lowest BCUT2D eigenvalue weighted by Gasteiger charge is -2.06. The van der Waals surface area contributed by atoms with E-state index in [1.54, 1.807) is 0 Å². The lowest BCUT2D eigenvalue weighted by molar-refractivity contribution is 0.306. The number of hydrogen-bond donors (Lipinski definition) is 1. The summed E-state index contributed by atoms with van der Waals surface area (Å²) in [6.45, 7) is 0.592. The van der Waals surface area contributed by atoms with Gasteiger partial charge in [0.05, 0.1) is 0 Å². The van der Waals surface area contributed by atoms with Crippen molar-refractivity contribution in [2.24, 2.45) is 0 Å². The summed E-state index contributed by atoms with van der Waals surface area (Å²) in [5, 5.41) is 1.14. The predicted octanol–water partition coefficient (Wildman–Crippen LogP) is 4.51. The maximum absolute atomic E-state index is 5.79. The van der Waals surface area contributed by atoms with E-state index in [1.807, 2.05) is 42.6 Å². The molecule has 1 N–H and O–H groups in total. The van der Waals surface area contributed by atoms with E-state index in [-0.39, 0.29) is 0 Å². The molecule has 2 nitrogen and oxygen atoms in total. The summed E-state index contributed by atoms with van der Waals surface area (Å²) in [5.41, 5.74) is 2.28. The van der Waals surface area contributed by atoms with Crippen LogP contribution in [-0.4, -0.2) is 4.98 Å². The summed E-state index contributed by atoms with van der Waals surface area (Å²) in [5.74, 6) is 0.881. The Balaban J connectivity index is 1.80. The van der Waals surface area contributed by atoms with Crippen LogP contribution < -0.4 is 4.74 Å². The predicted molar refractivity (Wildman–Crippen MR) is 76.8 cm³/mol. The van der Waals surface area contributed by atoms with Crippen LogP contribution in [0.2, 0.25) is 0 Å². The molecule has 3 aromatic rings. The second kappa shape index (κ2) is 4.86. The first kappa shape index (κ1) is 11.4. The molecule has 0 bridgehead atoms. The Morgan fingerprint density at radius 3 is 2.72 bits per heavy atom. The Morgan fingerprint density at radius 1 is 1.06 bits per heavy atom. The fourth-order valence-electron chi connectivity index (χ4n) is 1.90. The highest BCUT2D eigenvalue weighted by molar-refractivity contribution is 9.10. The van der Waals surface area contributed by atoms with Gasteiger partial charge >= 0.3 is 0 Å². The lowest BCUT2D eigenvalue weighted by Crippen LogP contribution is -1.94. The van der Waals surface area contributed by atoms with Crippen molar-refractivity contribution in [3.63, 3.8) is 0 Å². The molecule has 2 aromatic carbocycles. The van der Waals surface area contributed by atoms with E-state index >= 15 is 0 Å². The molecular weight excluding hydrogens is 290 g/mol. The lowest BCUT2D eigenvalue weighted by atomic mass is 10.2. The number of aromatic amines is 1. The summed E-state index contributed by atoms with van der Waals surface area (Å²) in [6.07, 6.45) is 1.94. The molecule has 3 heteroatoms. The van der Waals surface area contributed by atoms with Crippen LogP contribution >= 0.6 is 15.9 Å². The van der Waals surface area contributed by atoms with Crippen molar-refractivity contribution in [3.05, 3.63) is 64.8 Å². The molecule has 0 unspecified atom stereocenters. The van der Waals surface area contributed by atoms with Crippen molar-refractivity contribution in [2.45, 2.75) is 6.61 Å². The molecule has 1 aromatic heterocycles. The molecule has 90 valence electrons. The zero-order valence-corrected chi connectivity index (χ0v) is 11.3. The van der Waals surface area contributed by atoms with Gasteiger partial charge in [0.1, 0.15) is 12.4 Å². The van der Waals surface area contributed by atoms with Gasteiger partial charge in [-0.1, -0.05) is 30.3 Å². The van der Waals surface area contributed by atoms with Crippen LogP contribution in [0, 0.1) is 0 Å². The van der Waals surface area contributed by atoms with Gasteiger partial charge in [-0.05, 0) is 39.7 Å². The summed E-state index contributed by atoms with van der Waals surface area (Å²) >= 11 is 3.51. The van der Waals surface area contributed by atoms with Gasteiger partial charge < -0.3 is 9.72 Å². The Bertz CT molecular complexity index is 661. The van der Waals surface area contributed by atoms with Crippen LogP contribution in [-0.2, 0) is 6.61 Å². The third kappa shape index (κ3) is 2.27. The number of benzene rings is 2. The van der Waals surface area contributed by atoms with E-state index in [2.05, 4.69) is 33.0 Å². The number of aromatic nitrogens is 1. The van der Waals surface area contributed by atoms with Crippen molar-refractivity contribution in [1.29, 1.82) is 0 Å². The summed E-state index contributed by atoms with van der Waals surface area (Å²) in [6, 6.07) is 16.2. The maximum atomic E-state index is 5.79. The van der Waals surface area contributed by atoms with Crippen LogP contribution in [0.15, 0.2) is 59.2 Å². The summed E-state index contributed by atoms with van der Waals surface area (Å²) < 4.78 is 6.85. The second-order valence-electron chi connectivity index (χ2n) is 4.12. The zero-order valence-electron chi connectivity index (χ0n) is 9.69. The summed E-state index contributed by atoms with van der Waals surface area (Å²) in [4.78, 5) is 3.19. The van der Waals surface area contributed by atoms with E-state index < -0.39 is 0 Å². The molecule has 0 aliphatic heterocycles. The molecule has 0 atom stereocenters. The molecule has 1 heterocycles. The normalized spacial score (nSPS) is 10.7. The van der Waals surface area contributed by atoms with Gasteiger partial charge in [-0.2, -0.15) is 0 Å². The minimum absolute atomic E-state index is 0.592. The zero-order chi connectivity index (χ0) is 12.4. The van der Waals surface area contributed by atoms with Gasteiger partial charge in [0.25, 0.3) is 0 Å². The van der Waals surface area contributed by atoms with Gasteiger partial charge in [-0.3, -0.25) is 0 Å². The molecule has 0 spiro atoms. The van der Waals surface area contributed by atoms with Gasteiger partial charge in [0, 0.05) is 21.6 Å².